The Bertz CT molecular complexity index is 659. The number of hydrogen-bond acceptors (Lipinski definition) is 3. The molecule has 0 spiro atoms. The number of hydrogen-bond donors (Lipinski definition) is 1. The lowest BCUT2D eigenvalue weighted by Crippen LogP contribution is -2.45. The first-order chi connectivity index (χ1) is 11.6. The van der Waals surface area contributed by atoms with Crippen molar-refractivity contribution < 1.29 is 14.6 Å². The molecule has 0 heterocycles. The predicted molar refractivity (Wildman–Crippen MR) is 92.8 cm³/mol. The third-order valence-corrected chi connectivity index (χ3v) is 4.64. The van der Waals surface area contributed by atoms with Crippen LogP contribution < -0.4 is 4.74 Å². The molecule has 2 aromatic rings. The number of carbonyl (C=O) groups is 1. The highest BCUT2D eigenvalue weighted by molar-refractivity contribution is 5.79. The Labute approximate surface area is 142 Å². The molecule has 3 atom stereocenters. The number of para-hydroxylation sites is 1. The number of carbonyl (C=O) groups excluding carboxylic acids is 1. The highest BCUT2D eigenvalue weighted by Gasteiger charge is 2.40. The van der Waals surface area contributed by atoms with Crippen LogP contribution in [-0.4, -0.2) is 41.2 Å². The SMILES string of the molecule is CN(C(=O)Cc1ccccc1)[C@@H]1CC[C@H](Oc2ccccc2)[C@H]1O. The predicted octanol–water partition coefficient (Wildman–Crippen LogP) is 2.66. The second kappa shape index (κ2) is 7.49. The summed E-state index contributed by atoms with van der Waals surface area (Å²) < 4.78 is 5.88. The van der Waals surface area contributed by atoms with Gasteiger partial charge in [-0.1, -0.05) is 48.5 Å². The van der Waals surface area contributed by atoms with E-state index in [9.17, 15) is 9.90 Å². The van der Waals surface area contributed by atoms with Gasteiger partial charge in [-0.2, -0.15) is 0 Å². The van der Waals surface area contributed by atoms with Gasteiger partial charge in [0.25, 0.3) is 0 Å². The number of likely N-dealkylation sites (N-methyl/N-ethyl adjacent to an activating group) is 1. The van der Waals surface area contributed by atoms with E-state index in [1.807, 2.05) is 60.7 Å². The van der Waals surface area contributed by atoms with Gasteiger partial charge < -0.3 is 14.7 Å². The van der Waals surface area contributed by atoms with Crippen molar-refractivity contribution in [1.82, 2.24) is 4.90 Å². The van der Waals surface area contributed by atoms with Gasteiger partial charge in [0.05, 0.1) is 12.5 Å². The number of ether oxygens (including phenoxy) is 1. The van der Waals surface area contributed by atoms with E-state index in [2.05, 4.69) is 0 Å². The molecular formula is C20H23NO3. The summed E-state index contributed by atoms with van der Waals surface area (Å²) in [4.78, 5) is 14.2. The van der Waals surface area contributed by atoms with E-state index < -0.39 is 6.10 Å². The zero-order valence-electron chi connectivity index (χ0n) is 13.8. The van der Waals surface area contributed by atoms with Gasteiger partial charge >= 0.3 is 0 Å². The molecule has 1 fully saturated rings. The van der Waals surface area contributed by atoms with Crippen LogP contribution in [0.4, 0.5) is 0 Å². The molecule has 3 rings (SSSR count). The van der Waals surface area contributed by atoms with Crippen molar-refractivity contribution >= 4 is 5.91 Å². The van der Waals surface area contributed by atoms with Crippen LogP contribution in [0.1, 0.15) is 18.4 Å². The van der Waals surface area contributed by atoms with Gasteiger partial charge in [0.2, 0.25) is 5.91 Å². The Balaban J connectivity index is 1.59. The second-order valence-electron chi connectivity index (χ2n) is 6.27. The summed E-state index contributed by atoms with van der Waals surface area (Å²) in [5.41, 5.74) is 0.985. The van der Waals surface area contributed by atoms with Crippen molar-refractivity contribution in [2.75, 3.05) is 7.05 Å². The standard InChI is InChI=1S/C20H23NO3/c1-21(19(22)14-15-8-4-2-5-9-15)17-12-13-18(20(17)23)24-16-10-6-3-7-11-16/h2-11,17-18,20,23H,12-14H2,1H3/t17-,18+,20+/m1/s1. The Hall–Kier alpha value is -2.33. The van der Waals surface area contributed by atoms with Gasteiger partial charge in [0.1, 0.15) is 18.0 Å². The molecule has 0 bridgehead atoms. The van der Waals surface area contributed by atoms with Crippen LogP contribution >= 0.6 is 0 Å². The molecule has 4 heteroatoms. The van der Waals surface area contributed by atoms with Crippen LogP contribution in [-0.2, 0) is 11.2 Å². The van der Waals surface area contributed by atoms with Crippen molar-refractivity contribution in [3.05, 3.63) is 66.2 Å². The number of aliphatic hydroxyl groups excluding tert-OH is 1. The zero-order chi connectivity index (χ0) is 16.9. The van der Waals surface area contributed by atoms with Crippen LogP contribution in [0.15, 0.2) is 60.7 Å². The maximum absolute atomic E-state index is 12.5. The first-order valence-corrected chi connectivity index (χ1v) is 8.34. The fourth-order valence-electron chi connectivity index (χ4n) is 3.23. The summed E-state index contributed by atoms with van der Waals surface area (Å²) in [5.74, 6) is 0.770. The van der Waals surface area contributed by atoms with E-state index in [0.29, 0.717) is 6.42 Å². The number of rotatable bonds is 5. The molecule has 1 saturated carbocycles. The monoisotopic (exact) mass is 325 g/mol. The third-order valence-electron chi connectivity index (χ3n) is 4.64. The topological polar surface area (TPSA) is 49.8 Å². The summed E-state index contributed by atoms with van der Waals surface area (Å²) in [6, 6.07) is 19.0. The molecule has 1 N–H and O–H groups in total. The van der Waals surface area contributed by atoms with Gasteiger partial charge in [-0.05, 0) is 30.5 Å². The molecule has 2 aromatic carbocycles. The van der Waals surface area contributed by atoms with Gasteiger partial charge in [-0.25, -0.2) is 0 Å². The lowest BCUT2D eigenvalue weighted by Gasteiger charge is -2.29. The van der Waals surface area contributed by atoms with Crippen molar-refractivity contribution in [2.24, 2.45) is 0 Å². The van der Waals surface area contributed by atoms with Crippen LogP contribution in [0.3, 0.4) is 0 Å². The molecule has 0 aliphatic heterocycles. The van der Waals surface area contributed by atoms with E-state index in [1.54, 1.807) is 11.9 Å². The molecule has 24 heavy (non-hydrogen) atoms. The molecule has 0 aromatic heterocycles. The molecule has 1 aliphatic carbocycles. The number of aliphatic hydroxyl groups is 1. The molecule has 0 saturated heterocycles. The Morgan fingerprint density at radius 3 is 2.38 bits per heavy atom. The molecule has 4 nitrogen and oxygen atoms in total. The average molecular weight is 325 g/mol. The van der Waals surface area contributed by atoms with Crippen molar-refractivity contribution in [1.29, 1.82) is 0 Å². The maximum Gasteiger partial charge on any atom is 0.227 e. The lowest BCUT2D eigenvalue weighted by molar-refractivity contribution is -0.133. The largest absolute Gasteiger partial charge is 0.488 e. The normalized spacial score (nSPS) is 23.0. The fraction of sp³-hybridized carbons (Fsp3) is 0.350. The number of benzene rings is 2. The fourth-order valence-corrected chi connectivity index (χ4v) is 3.23. The lowest BCUT2D eigenvalue weighted by atomic mass is 10.1. The van der Waals surface area contributed by atoms with Gasteiger partial charge in [-0.15, -0.1) is 0 Å². The minimum atomic E-state index is -0.671. The Morgan fingerprint density at radius 1 is 1.08 bits per heavy atom. The van der Waals surface area contributed by atoms with Crippen molar-refractivity contribution in [2.45, 2.75) is 37.5 Å². The molecule has 126 valence electrons. The van der Waals surface area contributed by atoms with E-state index >= 15 is 0 Å². The minimum absolute atomic E-state index is 0.0191. The first kappa shape index (κ1) is 16.5. The smallest absolute Gasteiger partial charge is 0.227 e. The highest BCUT2D eigenvalue weighted by atomic mass is 16.5. The Kier molecular flexibility index (Phi) is 5.16. The summed E-state index contributed by atoms with van der Waals surface area (Å²) in [7, 11) is 1.77. The quantitative estimate of drug-likeness (QED) is 0.919. The first-order valence-electron chi connectivity index (χ1n) is 8.34. The molecule has 1 amide bonds. The summed E-state index contributed by atoms with van der Waals surface area (Å²) in [6.45, 7) is 0. The summed E-state index contributed by atoms with van der Waals surface area (Å²) >= 11 is 0. The minimum Gasteiger partial charge on any atom is -0.488 e. The van der Waals surface area contributed by atoms with E-state index in [0.717, 1.165) is 24.2 Å². The molecule has 1 aliphatic rings. The average Bonchev–Trinajstić information content (AvgIpc) is 2.96. The van der Waals surface area contributed by atoms with Crippen LogP contribution in [0.25, 0.3) is 0 Å². The van der Waals surface area contributed by atoms with E-state index in [4.69, 9.17) is 4.74 Å². The zero-order valence-corrected chi connectivity index (χ0v) is 13.8. The summed E-state index contributed by atoms with van der Waals surface area (Å²) in [5, 5.41) is 10.6. The number of amides is 1. The molecule has 0 unspecified atom stereocenters. The second-order valence-corrected chi connectivity index (χ2v) is 6.27. The van der Waals surface area contributed by atoms with Crippen LogP contribution in [0.2, 0.25) is 0 Å². The third kappa shape index (κ3) is 3.77. The van der Waals surface area contributed by atoms with E-state index in [-0.39, 0.29) is 18.1 Å². The van der Waals surface area contributed by atoms with Gasteiger partial charge in [-0.3, -0.25) is 4.79 Å². The number of nitrogens with zero attached hydrogens (tertiary/aromatic N) is 1. The van der Waals surface area contributed by atoms with Crippen LogP contribution in [0, 0.1) is 0 Å². The highest BCUT2D eigenvalue weighted by Crippen LogP contribution is 2.28. The van der Waals surface area contributed by atoms with Crippen molar-refractivity contribution in [3.8, 4) is 5.75 Å². The van der Waals surface area contributed by atoms with Crippen LogP contribution in [0.5, 0.6) is 5.75 Å². The maximum atomic E-state index is 12.5. The van der Waals surface area contributed by atoms with E-state index in [1.165, 1.54) is 0 Å². The molecular weight excluding hydrogens is 302 g/mol. The van der Waals surface area contributed by atoms with Gasteiger partial charge in [0.15, 0.2) is 0 Å². The molecule has 0 radical (unpaired) electrons. The van der Waals surface area contributed by atoms with Gasteiger partial charge in [0, 0.05) is 7.05 Å². The Morgan fingerprint density at radius 2 is 1.71 bits per heavy atom. The van der Waals surface area contributed by atoms with Crippen molar-refractivity contribution in [3.63, 3.8) is 0 Å². The summed E-state index contributed by atoms with van der Waals surface area (Å²) in [6.07, 6.45) is 0.892.